The van der Waals surface area contributed by atoms with Crippen LogP contribution in [0, 0.1) is 20.8 Å². The van der Waals surface area contributed by atoms with Gasteiger partial charge in [-0.3, -0.25) is 14.5 Å². The van der Waals surface area contributed by atoms with Gasteiger partial charge in [0.25, 0.3) is 5.91 Å². The Morgan fingerprint density at radius 1 is 1.11 bits per heavy atom. The Morgan fingerprint density at radius 3 is 2.45 bits per heavy atom. The van der Waals surface area contributed by atoms with Crippen LogP contribution < -0.4 is 15.0 Å². The minimum atomic E-state index is -1.16. The number of hydrogen-bond donors (Lipinski definition) is 2. The van der Waals surface area contributed by atoms with Crippen LogP contribution in [0.4, 0.5) is 5.69 Å². The predicted octanol–water partition coefficient (Wildman–Crippen LogP) is 6.22. The molecule has 4 rings (SSSR count). The molecule has 1 aliphatic carbocycles. The standard InChI is InChI=1S/C32H42N2O4/c1-6-7-18-27(30(36)33-24-14-10-8-11-15-24)34(25-16-12-9-13-17-25)31(37)32(5)20-19-26-23(4)28(35)21(2)22(3)29(26)38-32/h6-7,9,12-13,16-17,24,27,35H,8,10-11,14-15,18-20H2,1-5H3,(H,33,36)/b7-6-. The summed E-state index contributed by atoms with van der Waals surface area (Å²) in [5, 5.41) is 13.8. The molecule has 0 saturated heterocycles. The highest BCUT2D eigenvalue weighted by atomic mass is 16.5. The molecule has 38 heavy (non-hydrogen) atoms. The molecule has 6 heteroatoms. The van der Waals surface area contributed by atoms with Gasteiger partial charge in [0.2, 0.25) is 5.91 Å². The van der Waals surface area contributed by atoms with Crippen LogP contribution >= 0.6 is 0 Å². The zero-order valence-electron chi connectivity index (χ0n) is 23.5. The lowest BCUT2D eigenvalue weighted by Gasteiger charge is -2.42. The summed E-state index contributed by atoms with van der Waals surface area (Å²) in [4.78, 5) is 30.0. The lowest BCUT2D eigenvalue weighted by Crippen LogP contribution is -2.59. The van der Waals surface area contributed by atoms with E-state index in [0.717, 1.165) is 47.9 Å². The molecule has 0 aromatic heterocycles. The molecule has 1 fully saturated rings. The summed E-state index contributed by atoms with van der Waals surface area (Å²) in [6.45, 7) is 9.44. The number of carbonyl (C=O) groups is 2. The highest BCUT2D eigenvalue weighted by molar-refractivity contribution is 6.05. The van der Waals surface area contributed by atoms with Gasteiger partial charge in [0.15, 0.2) is 5.60 Å². The van der Waals surface area contributed by atoms with Crippen LogP contribution in [-0.4, -0.2) is 34.6 Å². The quantitative estimate of drug-likeness (QED) is 0.427. The molecule has 2 atom stereocenters. The molecule has 2 unspecified atom stereocenters. The van der Waals surface area contributed by atoms with Gasteiger partial charge in [-0.1, -0.05) is 49.6 Å². The molecule has 0 spiro atoms. The van der Waals surface area contributed by atoms with E-state index in [1.807, 2.05) is 77.1 Å². The van der Waals surface area contributed by atoms with Gasteiger partial charge in [0.05, 0.1) is 0 Å². The smallest absolute Gasteiger partial charge is 0.271 e. The number of hydrogen-bond acceptors (Lipinski definition) is 4. The highest BCUT2D eigenvalue weighted by Crippen LogP contribution is 2.44. The first-order chi connectivity index (χ1) is 18.2. The number of phenolic OH excluding ortho intramolecular Hbond substituents is 1. The van der Waals surface area contributed by atoms with Crippen LogP contribution in [0.15, 0.2) is 42.5 Å². The van der Waals surface area contributed by atoms with E-state index < -0.39 is 11.6 Å². The number of nitrogens with zero attached hydrogens (tertiary/aromatic N) is 1. The van der Waals surface area contributed by atoms with Gasteiger partial charge in [0, 0.05) is 23.7 Å². The zero-order valence-corrected chi connectivity index (χ0v) is 23.5. The lowest BCUT2D eigenvalue weighted by atomic mass is 9.86. The van der Waals surface area contributed by atoms with Crippen molar-refractivity contribution in [3.05, 3.63) is 64.7 Å². The Hall–Kier alpha value is -3.28. The fraction of sp³-hybridized carbons (Fsp3) is 0.500. The molecule has 204 valence electrons. The second kappa shape index (κ2) is 11.6. The number of phenols is 1. The SMILES string of the molecule is C/C=C\CC(C(=O)NC1CCCCC1)N(C(=O)C1(C)CCc2c(C)c(O)c(C)c(C)c2O1)c1ccccc1. The van der Waals surface area contributed by atoms with Crippen LogP contribution in [0.25, 0.3) is 0 Å². The van der Waals surface area contributed by atoms with Gasteiger partial charge < -0.3 is 15.2 Å². The fourth-order valence-corrected chi connectivity index (χ4v) is 5.82. The summed E-state index contributed by atoms with van der Waals surface area (Å²) < 4.78 is 6.56. The second-order valence-corrected chi connectivity index (χ2v) is 11.0. The van der Waals surface area contributed by atoms with Gasteiger partial charge in [-0.25, -0.2) is 0 Å². The van der Waals surface area contributed by atoms with Gasteiger partial charge in [-0.05, 0) is 89.1 Å². The topological polar surface area (TPSA) is 78.9 Å². The predicted molar refractivity (Wildman–Crippen MR) is 152 cm³/mol. The third-order valence-electron chi connectivity index (χ3n) is 8.39. The van der Waals surface area contributed by atoms with Crippen molar-refractivity contribution >= 4 is 17.5 Å². The molecular formula is C32H42N2O4. The van der Waals surface area contributed by atoms with E-state index in [4.69, 9.17) is 4.74 Å². The maximum Gasteiger partial charge on any atom is 0.271 e. The van der Waals surface area contributed by atoms with Crippen molar-refractivity contribution in [3.63, 3.8) is 0 Å². The number of para-hydroxylation sites is 1. The summed E-state index contributed by atoms with van der Waals surface area (Å²) >= 11 is 0. The van der Waals surface area contributed by atoms with E-state index in [0.29, 0.717) is 30.7 Å². The van der Waals surface area contributed by atoms with Crippen molar-refractivity contribution in [1.29, 1.82) is 0 Å². The summed E-state index contributed by atoms with van der Waals surface area (Å²) in [5.41, 5.74) is 2.86. The Labute approximate surface area is 227 Å². The average Bonchev–Trinajstić information content (AvgIpc) is 2.93. The monoisotopic (exact) mass is 518 g/mol. The third-order valence-corrected chi connectivity index (χ3v) is 8.39. The molecule has 2 N–H and O–H groups in total. The Balaban J connectivity index is 1.72. The summed E-state index contributed by atoms with van der Waals surface area (Å²) in [6.07, 6.45) is 10.7. The molecule has 6 nitrogen and oxygen atoms in total. The van der Waals surface area contributed by atoms with Gasteiger partial charge in [-0.2, -0.15) is 0 Å². The van der Waals surface area contributed by atoms with Crippen molar-refractivity contribution in [2.24, 2.45) is 0 Å². The van der Waals surface area contributed by atoms with Gasteiger partial charge in [-0.15, -0.1) is 0 Å². The number of aromatic hydroxyl groups is 1. The Morgan fingerprint density at radius 2 is 1.79 bits per heavy atom. The van der Waals surface area contributed by atoms with Crippen molar-refractivity contribution in [2.45, 2.75) is 104 Å². The van der Waals surface area contributed by atoms with E-state index in [1.54, 1.807) is 4.90 Å². The number of fused-ring (bicyclic) bond motifs is 1. The first-order valence-electron chi connectivity index (χ1n) is 14.0. The first kappa shape index (κ1) is 27.7. The number of allylic oxidation sites excluding steroid dienone is 1. The third kappa shape index (κ3) is 5.45. The largest absolute Gasteiger partial charge is 0.507 e. The Bertz CT molecular complexity index is 1200. The minimum absolute atomic E-state index is 0.125. The number of ether oxygens (including phenoxy) is 1. The first-order valence-corrected chi connectivity index (χ1v) is 14.0. The van der Waals surface area contributed by atoms with Crippen LogP contribution in [0.2, 0.25) is 0 Å². The van der Waals surface area contributed by atoms with E-state index in [1.165, 1.54) is 6.42 Å². The Kier molecular flexibility index (Phi) is 8.49. The van der Waals surface area contributed by atoms with Crippen molar-refractivity contribution < 1.29 is 19.4 Å². The molecule has 2 aliphatic rings. The maximum absolute atomic E-state index is 14.5. The van der Waals surface area contributed by atoms with Crippen molar-refractivity contribution in [2.75, 3.05) is 4.90 Å². The molecule has 0 bridgehead atoms. The molecular weight excluding hydrogens is 476 g/mol. The van der Waals surface area contributed by atoms with E-state index in [-0.39, 0.29) is 23.6 Å². The summed E-state index contributed by atoms with van der Waals surface area (Å²) in [7, 11) is 0. The summed E-state index contributed by atoms with van der Waals surface area (Å²) in [6, 6.07) is 8.89. The second-order valence-electron chi connectivity index (χ2n) is 11.0. The van der Waals surface area contributed by atoms with E-state index in [9.17, 15) is 14.7 Å². The van der Waals surface area contributed by atoms with Crippen LogP contribution in [0.3, 0.4) is 0 Å². The summed E-state index contributed by atoms with van der Waals surface area (Å²) in [5.74, 6) is 0.603. The number of rotatable bonds is 7. The van der Waals surface area contributed by atoms with Crippen molar-refractivity contribution in [3.8, 4) is 11.5 Å². The van der Waals surface area contributed by atoms with Gasteiger partial charge >= 0.3 is 0 Å². The highest BCUT2D eigenvalue weighted by Gasteiger charge is 2.46. The van der Waals surface area contributed by atoms with Crippen LogP contribution in [-0.2, 0) is 16.0 Å². The van der Waals surface area contributed by atoms with Crippen LogP contribution in [0.5, 0.6) is 11.5 Å². The minimum Gasteiger partial charge on any atom is -0.507 e. The number of anilines is 1. The molecule has 2 amide bonds. The normalized spacial score (nSPS) is 20.4. The fourth-order valence-electron chi connectivity index (χ4n) is 5.82. The van der Waals surface area contributed by atoms with Gasteiger partial charge in [0.1, 0.15) is 17.5 Å². The number of benzene rings is 2. The zero-order chi connectivity index (χ0) is 27.4. The average molecular weight is 519 g/mol. The molecule has 1 aliphatic heterocycles. The lowest BCUT2D eigenvalue weighted by molar-refractivity contribution is -0.136. The number of nitrogens with one attached hydrogen (secondary N) is 1. The van der Waals surface area contributed by atoms with Crippen LogP contribution in [0.1, 0.15) is 81.0 Å². The maximum atomic E-state index is 14.5. The molecule has 2 aromatic carbocycles. The molecule has 1 heterocycles. The molecule has 1 saturated carbocycles. The van der Waals surface area contributed by atoms with E-state index >= 15 is 0 Å². The molecule has 2 aromatic rings. The molecule has 0 radical (unpaired) electrons. The van der Waals surface area contributed by atoms with E-state index in [2.05, 4.69) is 5.32 Å². The number of carbonyl (C=O) groups excluding carboxylic acids is 2. The number of amides is 2. The van der Waals surface area contributed by atoms with Crippen molar-refractivity contribution in [1.82, 2.24) is 5.32 Å².